The number of aromatic nitrogens is 3. The van der Waals surface area contributed by atoms with Gasteiger partial charge in [-0.2, -0.15) is 5.10 Å². The molecule has 4 nitrogen and oxygen atoms in total. The average Bonchev–Trinajstić information content (AvgIpc) is 2.73. The average molecular weight is 299 g/mol. The molecule has 0 aliphatic rings. The summed E-state index contributed by atoms with van der Waals surface area (Å²) in [7, 11) is 0.773. The van der Waals surface area contributed by atoms with Crippen LogP contribution in [0.15, 0.2) is 41.6 Å². The van der Waals surface area contributed by atoms with Crippen LogP contribution in [0.1, 0.15) is 16.8 Å². The van der Waals surface area contributed by atoms with E-state index in [0.717, 1.165) is 22.2 Å². The Bertz CT molecular complexity index is 824. The van der Waals surface area contributed by atoms with Crippen molar-refractivity contribution in [3.63, 3.8) is 0 Å². The predicted molar refractivity (Wildman–Crippen MR) is 84.5 cm³/mol. The summed E-state index contributed by atoms with van der Waals surface area (Å²) < 4.78 is 14.7. The summed E-state index contributed by atoms with van der Waals surface area (Å²) in [6, 6.07) is 9.82. The monoisotopic (exact) mass is 299 g/mol. The van der Waals surface area contributed by atoms with Crippen molar-refractivity contribution in [1.29, 1.82) is 0 Å². The Labute approximate surface area is 126 Å². The molecule has 0 amide bonds. The van der Waals surface area contributed by atoms with Gasteiger partial charge in [0.15, 0.2) is 5.03 Å². The normalized spacial score (nSPS) is 12.7. The number of hydrogen-bond donors (Lipinski definition) is 0. The quantitative estimate of drug-likeness (QED) is 0.747. The lowest BCUT2D eigenvalue weighted by atomic mass is 10.2. The van der Waals surface area contributed by atoms with Gasteiger partial charge < -0.3 is 4.57 Å². The van der Waals surface area contributed by atoms with Crippen LogP contribution in [-0.4, -0.2) is 19.0 Å². The third-order valence-corrected chi connectivity index (χ3v) is 5.24. The van der Waals surface area contributed by atoms with E-state index < -0.39 is 10.8 Å². The van der Waals surface area contributed by atoms with Gasteiger partial charge in [-0.15, -0.1) is 5.10 Å². The molecule has 0 aliphatic heterocycles. The van der Waals surface area contributed by atoms with E-state index in [4.69, 9.17) is 0 Å². The van der Waals surface area contributed by atoms with Crippen LogP contribution in [0.3, 0.4) is 0 Å². The maximum atomic E-state index is 12.7. The second kappa shape index (κ2) is 5.41. The van der Waals surface area contributed by atoms with Crippen molar-refractivity contribution >= 4 is 21.7 Å². The lowest BCUT2D eigenvalue weighted by Gasteiger charge is -2.05. The summed E-state index contributed by atoms with van der Waals surface area (Å²) in [6.45, 7) is 4.11. The van der Waals surface area contributed by atoms with E-state index >= 15 is 0 Å². The third-order valence-electron chi connectivity index (χ3n) is 3.93. The molecule has 3 rings (SSSR count). The molecule has 1 atom stereocenters. The first-order valence-corrected chi connectivity index (χ1v) is 8.11. The van der Waals surface area contributed by atoms with Crippen LogP contribution in [0.2, 0.25) is 0 Å². The van der Waals surface area contributed by atoms with E-state index in [1.807, 2.05) is 37.4 Å². The fraction of sp³-hybridized carbons (Fsp3) is 0.250. The molecule has 5 heteroatoms. The Morgan fingerprint density at radius 1 is 1.19 bits per heavy atom. The molecule has 21 heavy (non-hydrogen) atoms. The van der Waals surface area contributed by atoms with Crippen LogP contribution >= 0.6 is 0 Å². The standard InChI is InChI=1S/C16H17N3OS/c1-11-12(2)19(3)15-14(11)9-17-18-16(15)21(20)10-13-7-5-4-6-8-13/h4-9H,10H2,1-3H3. The first-order valence-electron chi connectivity index (χ1n) is 6.79. The molecule has 1 aromatic carbocycles. The van der Waals surface area contributed by atoms with E-state index in [1.165, 1.54) is 5.56 Å². The lowest BCUT2D eigenvalue weighted by molar-refractivity contribution is 0.677. The second-order valence-corrected chi connectivity index (χ2v) is 6.52. The summed E-state index contributed by atoms with van der Waals surface area (Å²) >= 11 is 0. The highest BCUT2D eigenvalue weighted by Gasteiger charge is 2.18. The minimum Gasteiger partial charge on any atom is -0.345 e. The maximum absolute atomic E-state index is 12.7. The first kappa shape index (κ1) is 13.9. The van der Waals surface area contributed by atoms with Gasteiger partial charge in [-0.25, -0.2) is 0 Å². The lowest BCUT2D eigenvalue weighted by Crippen LogP contribution is -2.04. The van der Waals surface area contributed by atoms with Gasteiger partial charge in [0.1, 0.15) is 0 Å². The number of hydrogen-bond acceptors (Lipinski definition) is 3. The zero-order valence-electron chi connectivity index (χ0n) is 12.3. The molecular formula is C16H17N3OS. The maximum Gasteiger partial charge on any atom is 0.174 e. The number of nitrogens with zero attached hydrogens (tertiary/aromatic N) is 3. The van der Waals surface area contributed by atoms with Crippen molar-refractivity contribution in [3.05, 3.63) is 53.3 Å². The number of rotatable bonds is 3. The van der Waals surface area contributed by atoms with E-state index in [0.29, 0.717) is 10.8 Å². The molecule has 2 aromatic heterocycles. The summed E-state index contributed by atoms with van der Waals surface area (Å²) in [4.78, 5) is 0. The molecule has 108 valence electrons. The van der Waals surface area contributed by atoms with Gasteiger partial charge in [0.2, 0.25) is 0 Å². The van der Waals surface area contributed by atoms with Crippen LogP contribution in [0.25, 0.3) is 10.9 Å². The predicted octanol–water partition coefficient (Wildman–Crippen LogP) is 2.89. The number of fused-ring (bicyclic) bond motifs is 1. The number of aryl methyl sites for hydroxylation is 2. The molecule has 0 radical (unpaired) electrons. The summed E-state index contributed by atoms with van der Waals surface area (Å²) in [5, 5.41) is 9.78. The Morgan fingerprint density at radius 3 is 2.62 bits per heavy atom. The molecule has 0 saturated carbocycles. The zero-order valence-corrected chi connectivity index (χ0v) is 13.1. The van der Waals surface area contributed by atoms with Crippen LogP contribution < -0.4 is 0 Å². The van der Waals surface area contributed by atoms with Gasteiger partial charge in [0.25, 0.3) is 0 Å². The second-order valence-electron chi connectivity index (χ2n) is 5.16. The van der Waals surface area contributed by atoms with Crippen molar-refractivity contribution in [2.24, 2.45) is 7.05 Å². The Morgan fingerprint density at radius 2 is 1.90 bits per heavy atom. The van der Waals surface area contributed by atoms with Crippen LogP contribution in [0, 0.1) is 13.8 Å². The summed E-state index contributed by atoms with van der Waals surface area (Å²) in [5.41, 5.74) is 4.28. The zero-order chi connectivity index (χ0) is 15.0. The van der Waals surface area contributed by atoms with Gasteiger partial charge in [0, 0.05) is 18.1 Å². The third kappa shape index (κ3) is 2.38. The molecule has 3 aromatic rings. The Balaban J connectivity index is 2.08. The van der Waals surface area contributed by atoms with Crippen molar-refractivity contribution in [2.75, 3.05) is 0 Å². The van der Waals surface area contributed by atoms with E-state index in [9.17, 15) is 4.21 Å². The minimum atomic E-state index is -1.21. The summed E-state index contributed by atoms with van der Waals surface area (Å²) in [5.74, 6) is 0.456. The molecule has 2 heterocycles. The van der Waals surface area contributed by atoms with E-state index in [2.05, 4.69) is 28.6 Å². The summed E-state index contributed by atoms with van der Waals surface area (Å²) in [6.07, 6.45) is 1.75. The van der Waals surface area contributed by atoms with Gasteiger partial charge in [-0.05, 0) is 25.0 Å². The van der Waals surface area contributed by atoms with Crippen molar-refractivity contribution < 1.29 is 4.21 Å². The highest BCUT2D eigenvalue weighted by Crippen LogP contribution is 2.27. The molecule has 0 aliphatic carbocycles. The van der Waals surface area contributed by atoms with Gasteiger partial charge >= 0.3 is 0 Å². The molecule has 1 unspecified atom stereocenters. The minimum absolute atomic E-state index is 0.456. The molecule has 0 N–H and O–H groups in total. The van der Waals surface area contributed by atoms with E-state index in [1.54, 1.807) is 6.20 Å². The molecule has 0 saturated heterocycles. The highest BCUT2D eigenvalue weighted by atomic mass is 32.2. The fourth-order valence-corrected chi connectivity index (χ4v) is 3.76. The SMILES string of the molecule is Cc1c(C)n(C)c2c(S(=O)Cc3ccccc3)nncc12. The Kier molecular flexibility index (Phi) is 3.59. The van der Waals surface area contributed by atoms with Gasteiger partial charge in [-0.3, -0.25) is 4.21 Å². The smallest absolute Gasteiger partial charge is 0.174 e. The van der Waals surface area contributed by atoms with Crippen LogP contribution in [0.4, 0.5) is 0 Å². The van der Waals surface area contributed by atoms with Gasteiger partial charge in [-0.1, -0.05) is 30.3 Å². The molecule has 0 fully saturated rings. The molecule has 0 bridgehead atoms. The Hall–Kier alpha value is -2.01. The number of benzene rings is 1. The van der Waals surface area contributed by atoms with Crippen molar-refractivity contribution in [2.45, 2.75) is 24.6 Å². The van der Waals surface area contributed by atoms with Crippen LogP contribution in [-0.2, 0) is 23.6 Å². The fourth-order valence-electron chi connectivity index (χ4n) is 2.52. The van der Waals surface area contributed by atoms with Crippen LogP contribution in [0.5, 0.6) is 0 Å². The first-order chi connectivity index (χ1) is 10.1. The molecule has 0 spiro atoms. The van der Waals surface area contributed by atoms with Gasteiger partial charge in [0.05, 0.1) is 28.3 Å². The van der Waals surface area contributed by atoms with Crippen molar-refractivity contribution in [3.8, 4) is 0 Å². The largest absolute Gasteiger partial charge is 0.345 e. The molecular weight excluding hydrogens is 282 g/mol. The highest BCUT2D eigenvalue weighted by molar-refractivity contribution is 7.84. The van der Waals surface area contributed by atoms with E-state index in [-0.39, 0.29) is 0 Å². The van der Waals surface area contributed by atoms with Crippen molar-refractivity contribution in [1.82, 2.24) is 14.8 Å². The topological polar surface area (TPSA) is 47.8 Å².